The second kappa shape index (κ2) is 7.63. The standard InChI is InChI=1S/C16H30N4O2/c1-11(2)16(6,22)10-18-15(21)17-8-12(3)9-20-14(5)7-13(4)19-20/h7,11-12,22H,8-10H2,1-6H3,(H2,17,18,21). The molecule has 0 saturated heterocycles. The van der Waals surface area contributed by atoms with Crippen molar-refractivity contribution in [1.29, 1.82) is 0 Å². The molecule has 6 heteroatoms. The molecule has 0 spiro atoms. The molecule has 1 aromatic heterocycles. The minimum absolute atomic E-state index is 0.0813. The van der Waals surface area contributed by atoms with Gasteiger partial charge in [-0.25, -0.2) is 4.79 Å². The topological polar surface area (TPSA) is 79.2 Å². The maximum atomic E-state index is 11.8. The van der Waals surface area contributed by atoms with E-state index in [0.29, 0.717) is 6.54 Å². The van der Waals surface area contributed by atoms with Crippen LogP contribution in [0, 0.1) is 25.7 Å². The lowest BCUT2D eigenvalue weighted by molar-refractivity contribution is 0.0166. The molecule has 2 atom stereocenters. The number of aryl methyl sites for hydroxylation is 2. The van der Waals surface area contributed by atoms with Gasteiger partial charge in [0.1, 0.15) is 0 Å². The highest BCUT2D eigenvalue weighted by molar-refractivity contribution is 5.73. The summed E-state index contributed by atoms with van der Waals surface area (Å²) in [5.74, 6) is 0.354. The Labute approximate surface area is 133 Å². The number of urea groups is 1. The Morgan fingerprint density at radius 1 is 1.36 bits per heavy atom. The highest BCUT2D eigenvalue weighted by Crippen LogP contribution is 2.14. The Kier molecular flexibility index (Phi) is 6.41. The van der Waals surface area contributed by atoms with Crippen molar-refractivity contribution in [2.75, 3.05) is 13.1 Å². The van der Waals surface area contributed by atoms with Crippen molar-refractivity contribution in [3.8, 4) is 0 Å². The Morgan fingerprint density at radius 3 is 2.50 bits per heavy atom. The number of hydrogen-bond acceptors (Lipinski definition) is 3. The summed E-state index contributed by atoms with van der Waals surface area (Å²) in [6.07, 6.45) is 0. The zero-order valence-electron chi connectivity index (χ0n) is 14.6. The summed E-state index contributed by atoms with van der Waals surface area (Å²) in [6.45, 7) is 13.2. The minimum Gasteiger partial charge on any atom is -0.388 e. The molecule has 2 amide bonds. The average molecular weight is 310 g/mol. The van der Waals surface area contributed by atoms with E-state index in [9.17, 15) is 9.90 Å². The van der Waals surface area contributed by atoms with Crippen LogP contribution in [0.4, 0.5) is 4.79 Å². The molecule has 0 aromatic carbocycles. The van der Waals surface area contributed by atoms with Gasteiger partial charge >= 0.3 is 6.03 Å². The lowest BCUT2D eigenvalue weighted by atomic mass is 9.93. The lowest BCUT2D eigenvalue weighted by Crippen LogP contribution is -2.48. The summed E-state index contributed by atoms with van der Waals surface area (Å²) < 4.78 is 1.96. The van der Waals surface area contributed by atoms with Crippen molar-refractivity contribution < 1.29 is 9.90 Å². The maximum Gasteiger partial charge on any atom is 0.314 e. The van der Waals surface area contributed by atoms with Gasteiger partial charge in [-0.15, -0.1) is 0 Å². The van der Waals surface area contributed by atoms with Crippen molar-refractivity contribution >= 4 is 6.03 Å². The van der Waals surface area contributed by atoms with E-state index >= 15 is 0 Å². The molecule has 0 aliphatic carbocycles. The summed E-state index contributed by atoms with van der Waals surface area (Å²) in [7, 11) is 0. The normalized spacial score (nSPS) is 15.5. The Balaban J connectivity index is 2.33. The highest BCUT2D eigenvalue weighted by Gasteiger charge is 2.25. The van der Waals surface area contributed by atoms with Crippen molar-refractivity contribution in [3.05, 3.63) is 17.5 Å². The molecule has 6 nitrogen and oxygen atoms in total. The summed E-state index contributed by atoms with van der Waals surface area (Å²) in [5.41, 5.74) is 1.24. The number of rotatable bonds is 7. The molecule has 0 saturated carbocycles. The first-order valence-corrected chi connectivity index (χ1v) is 7.87. The molecule has 0 fully saturated rings. The van der Waals surface area contributed by atoms with Crippen molar-refractivity contribution in [1.82, 2.24) is 20.4 Å². The van der Waals surface area contributed by atoms with E-state index in [4.69, 9.17) is 0 Å². The van der Waals surface area contributed by atoms with Gasteiger partial charge in [0.05, 0.1) is 11.3 Å². The van der Waals surface area contributed by atoms with Crippen LogP contribution in [0.25, 0.3) is 0 Å². The van der Waals surface area contributed by atoms with Crippen LogP contribution in [0.15, 0.2) is 6.07 Å². The van der Waals surface area contributed by atoms with Gasteiger partial charge in [0, 0.05) is 25.3 Å². The third-order valence-electron chi connectivity index (χ3n) is 4.05. The molecule has 2 unspecified atom stereocenters. The second-order valence-corrected chi connectivity index (χ2v) is 6.79. The fraction of sp³-hybridized carbons (Fsp3) is 0.750. The zero-order chi connectivity index (χ0) is 16.9. The Hall–Kier alpha value is -1.56. The number of amides is 2. The summed E-state index contributed by atoms with van der Waals surface area (Å²) >= 11 is 0. The molecule has 0 radical (unpaired) electrons. The van der Waals surface area contributed by atoms with Crippen molar-refractivity contribution in [3.63, 3.8) is 0 Å². The molecular weight excluding hydrogens is 280 g/mol. The second-order valence-electron chi connectivity index (χ2n) is 6.79. The predicted octanol–water partition coefficient (Wildman–Crippen LogP) is 1.84. The van der Waals surface area contributed by atoms with E-state index in [1.54, 1.807) is 6.92 Å². The van der Waals surface area contributed by atoms with Gasteiger partial charge < -0.3 is 15.7 Å². The predicted molar refractivity (Wildman–Crippen MR) is 87.7 cm³/mol. The van der Waals surface area contributed by atoms with Gasteiger partial charge in [-0.1, -0.05) is 20.8 Å². The first kappa shape index (κ1) is 18.5. The largest absolute Gasteiger partial charge is 0.388 e. The van der Waals surface area contributed by atoms with Crippen LogP contribution in [0.3, 0.4) is 0 Å². The van der Waals surface area contributed by atoms with Gasteiger partial charge in [-0.05, 0) is 38.7 Å². The number of nitrogens with one attached hydrogen (secondary N) is 2. The Bertz CT molecular complexity index is 494. The van der Waals surface area contributed by atoms with E-state index in [0.717, 1.165) is 17.9 Å². The van der Waals surface area contributed by atoms with E-state index in [1.165, 1.54) is 0 Å². The fourth-order valence-electron chi connectivity index (χ4n) is 2.01. The SMILES string of the molecule is Cc1cc(C)n(CC(C)CNC(=O)NCC(C)(O)C(C)C)n1. The van der Waals surface area contributed by atoms with Gasteiger partial charge in [-0.2, -0.15) is 5.10 Å². The highest BCUT2D eigenvalue weighted by atomic mass is 16.3. The molecule has 0 aliphatic heterocycles. The number of hydrogen-bond donors (Lipinski definition) is 3. The lowest BCUT2D eigenvalue weighted by Gasteiger charge is -2.27. The molecule has 3 N–H and O–H groups in total. The van der Waals surface area contributed by atoms with Gasteiger partial charge in [0.15, 0.2) is 0 Å². The fourth-order valence-corrected chi connectivity index (χ4v) is 2.01. The molecular formula is C16H30N4O2. The number of carbonyl (C=O) groups excluding carboxylic acids is 1. The summed E-state index contributed by atoms with van der Waals surface area (Å²) in [5, 5.41) is 20.1. The number of carbonyl (C=O) groups is 1. The quantitative estimate of drug-likeness (QED) is 0.719. The van der Waals surface area contributed by atoms with Crippen LogP contribution in [0.2, 0.25) is 0 Å². The molecule has 0 bridgehead atoms. The van der Waals surface area contributed by atoms with Gasteiger partial charge in [0.25, 0.3) is 0 Å². The van der Waals surface area contributed by atoms with Gasteiger partial charge in [-0.3, -0.25) is 4.68 Å². The van der Waals surface area contributed by atoms with E-state index < -0.39 is 5.60 Å². The van der Waals surface area contributed by atoms with Crippen LogP contribution >= 0.6 is 0 Å². The van der Waals surface area contributed by atoms with Gasteiger partial charge in [0.2, 0.25) is 0 Å². The third kappa shape index (κ3) is 5.67. The van der Waals surface area contributed by atoms with Crippen LogP contribution in [0.1, 0.15) is 39.1 Å². The minimum atomic E-state index is -0.896. The van der Waals surface area contributed by atoms with E-state index in [-0.39, 0.29) is 24.4 Å². The third-order valence-corrected chi connectivity index (χ3v) is 4.05. The monoisotopic (exact) mass is 310 g/mol. The smallest absolute Gasteiger partial charge is 0.314 e. The molecule has 0 aliphatic rings. The zero-order valence-corrected chi connectivity index (χ0v) is 14.6. The maximum absolute atomic E-state index is 11.8. The van der Waals surface area contributed by atoms with Crippen molar-refractivity contribution in [2.24, 2.45) is 11.8 Å². The molecule has 126 valence electrons. The summed E-state index contributed by atoms with van der Waals surface area (Å²) in [4.78, 5) is 11.8. The van der Waals surface area contributed by atoms with Crippen LogP contribution < -0.4 is 10.6 Å². The molecule has 1 rings (SSSR count). The van der Waals surface area contributed by atoms with Crippen LogP contribution in [0.5, 0.6) is 0 Å². The first-order valence-electron chi connectivity index (χ1n) is 7.87. The first-order chi connectivity index (χ1) is 10.1. The van der Waals surface area contributed by atoms with Crippen LogP contribution in [-0.2, 0) is 6.54 Å². The number of aliphatic hydroxyl groups is 1. The van der Waals surface area contributed by atoms with Crippen LogP contribution in [-0.4, -0.2) is 39.6 Å². The Morgan fingerprint density at radius 2 is 2.00 bits per heavy atom. The number of nitrogens with zero attached hydrogens (tertiary/aromatic N) is 2. The average Bonchev–Trinajstić information content (AvgIpc) is 2.72. The molecule has 1 heterocycles. The summed E-state index contributed by atoms with van der Waals surface area (Å²) in [6, 6.07) is 1.79. The number of aromatic nitrogens is 2. The van der Waals surface area contributed by atoms with E-state index in [2.05, 4.69) is 22.7 Å². The molecule has 22 heavy (non-hydrogen) atoms. The van der Waals surface area contributed by atoms with Crippen molar-refractivity contribution in [2.45, 2.75) is 53.7 Å². The van der Waals surface area contributed by atoms with E-state index in [1.807, 2.05) is 38.4 Å². The molecule has 1 aromatic rings.